The number of benzene rings is 1. The smallest absolute Gasteiger partial charge is 0.264 e. The summed E-state index contributed by atoms with van der Waals surface area (Å²) >= 11 is 7.17. The standard InChI is InChI=1S/C12H15ClN4O2S2/c1-3-11-15-16-12(20-11)17-21(18,19)10-5-9(13)4-8(6-14)7(10)2/h4-5H,3,6,14H2,1-2H3,(H,16,17). The Hall–Kier alpha value is -1.22. The lowest BCUT2D eigenvalue weighted by Gasteiger charge is -2.12. The Bertz CT molecular complexity index is 759. The van der Waals surface area contributed by atoms with Crippen molar-refractivity contribution in [2.75, 3.05) is 4.72 Å². The first kappa shape index (κ1) is 16.2. The van der Waals surface area contributed by atoms with Crippen LogP contribution < -0.4 is 10.5 Å². The Kier molecular flexibility index (Phi) is 4.82. The highest BCUT2D eigenvalue weighted by molar-refractivity contribution is 7.93. The minimum absolute atomic E-state index is 0.101. The number of halogens is 1. The highest BCUT2D eigenvalue weighted by Gasteiger charge is 2.21. The van der Waals surface area contributed by atoms with Crippen LogP contribution in [0.15, 0.2) is 17.0 Å². The first-order valence-electron chi connectivity index (χ1n) is 6.21. The lowest BCUT2D eigenvalue weighted by molar-refractivity contribution is 0.600. The van der Waals surface area contributed by atoms with Crippen molar-refractivity contribution >= 4 is 38.1 Å². The largest absolute Gasteiger partial charge is 0.326 e. The summed E-state index contributed by atoms with van der Waals surface area (Å²) < 4.78 is 27.4. The molecule has 0 fully saturated rings. The summed E-state index contributed by atoms with van der Waals surface area (Å²) in [5, 5.41) is 9.02. The number of hydrogen-bond donors (Lipinski definition) is 2. The van der Waals surface area contributed by atoms with Crippen molar-refractivity contribution in [1.82, 2.24) is 10.2 Å². The highest BCUT2D eigenvalue weighted by Crippen LogP contribution is 2.27. The van der Waals surface area contributed by atoms with Crippen LogP contribution in [0.25, 0.3) is 0 Å². The summed E-state index contributed by atoms with van der Waals surface area (Å²) in [4.78, 5) is 0.101. The Morgan fingerprint density at radius 3 is 2.67 bits per heavy atom. The molecule has 1 heterocycles. The summed E-state index contributed by atoms with van der Waals surface area (Å²) in [7, 11) is -3.78. The zero-order valence-electron chi connectivity index (χ0n) is 11.6. The second kappa shape index (κ2) is 6.27. The van der Waals surface area contributed by atoms with Gasteiger partial charge >= 0.3 is 0 Å². The first-order valence-corrected chi connectivity index (χ1v) is 8.89. The molecule has 0 atom stereocenters. The summed E-state index contributed by atoms with van der Waals surface area (Å²) in [6.45, 7) is 3.84. The molecule has 0 unspecified atom stereocenters. The number of sulfonamides is 1. The molecule has 0 aliphatic carbocycles. The molecule has 9 heteroatoms. The zero-order valence-corrected chi connectivity index (χ0v) is 13.9. The van der Waals surface area contributed by atoms with Gasteiger partial charge in [0, 0.05) is 11.6 Å². The van der Waals surface area contributed by atoms with Crippen molar-refractivity contribution in [3.63, 3.8) is 0 Å². The van der Waals surface area contributed by atoms with Gasteiger partial charge in [-0.15, -0.1) is 10.2 Å². The summed E-state index contributed by atoms with van der Waals surface area (Å²) in [5.41, 5.74) is 6.88. The van der Waals surface area contributed by atoms with Crippen LogP contribution in [0.5, 0.6) is 0 Å². The Labute approximate surface area is 132 Å². The van der Waals surface area contributed by atoms with Gasteiger partial charge in [0.2, 0.25) is 5.13 Å². The second-order valence-corrected chi connectivity index (χ2v) is 7.50. The summed E-state index contributed by atoms with van der Waals surface area (Å²) in [6.07, 6.45) is 0.701. The lowest BCUT2D eigenvalue weighted by Crippen LogP contribution is -2.15. The molecule has 114 valence electrons. The van der Waals surface area contributed by atoms with Crippen molar-refractivity contribution in [3.8, 4) is 0 Å². The molecule has 21 heavy (non-hydrogen) atoms. The van der Waals surface area contributed by atoms with E-state index in [1.165, 1.54) is 17.4 Å². The van der Waals surface area contributed by atoms with E-state index in [1.807, 2.05) is 6.92 Å². The van der Waals surface area contributed by atoms with Crippen LogP contribution in [0.4, 0.5) is 5.13 Å². The number of nitrogens with zero attached hydrogens (tertiary/aromatic N) is 2. The van der Waals surface area contributed by atoms with Crippen LogP contribution in [-0.2, 0) is 23.0 Å². The highest BCUT2D eigenvalue weighted by atomic mass is 35.5. The van der Waals surface area contributed by atoms with Crippen LogP contribution in [0.2, 0.25) is 5.02 Å². The summed E-state index contributed by atoms with van der Waals surface area (Å²) in [5.74, 6) is 0. The first-order chi connectivity index (χ1) is 9.87. The SMILES string of the molecule is CCc1nnc(NS(=O)(=O)c2cc(Cl)cc(CN)c2C)s1. The van der Waals surface area contributed by atoms with E-state index < -0.39 is 10.0 Å². The lowest BCUT2D eigenvalue weighted by atomic mass is 10.1. The van der Waals surface area contributed by atoms with Gasteiger partial charge in [0.15, 0.2) is 0 Å². The number of anilines is 1. The fourth-order valence-corrected chi connectivity index (χ4v) is 4.34. The van der Waals surface area contributed by atoms with Crippen LogP contribution in [0.1, 0.15) is 23.1 Å². The number of nitrogens with one attached hydrogen (secondary N) is 1. The Morgan fingerprint density at radius 1 is 1.38 bits per heavy atom. The van der Waals surface area contributed by atoms with E-state index in [4.69, 9.17) is 17.3 Å². The number of aromatic nitrogens is 2. The molecule has 3 N–H and O–H groups in total. The molecule has 0 bridgehead atoms. The molecule has 6 nitrogen and oxygen atoms in total. The quantitative estimate of drug-likeness (QED) is 0.865. The molecule has 0 amide bonds. The van der Waals surface area contributed by atoms with Crippen molar-refractivity contribution < 1.29 is 8.42 Å². The van der Waals surface area contributed by atoms with E-state index in [2.05, 4.69) is 14.9 Å². The molecule has 1 aromatic heterocycles. The van der Waals surface area contributed by atoms with E-state index in [-0.39, 0.29) is 16.6 Å². The predicted molar refractivity (Wildman–Crippen MR) is 84.2 cm³/mol. The monoisotopic (exact) mass is 346 g/mol. The van der Waals surface area contributed by atoms with E-state index >= 15 is 0 Å². The van der Waals surface area contributed by atoms with Gasteiger partial charge in [0.1, 0.15) is 5.01 Å². The van der Waals surface area contributed by atoms with E-state index in [1.54, 1.807) is 13.0 Å². The fraction of sp³-hybridized carbons (Fsp3) is 0.333. The minimum atomic E-state index is -3.78. The van der Waals surface area contributed by atoms with Gasteiger partial charge in [-0.1, -0.05) is 29.9 Å². The third-order valence-electron chi connectivity index (χ3n) is 2.93. The van der Waals surface area contributed by atoms with Gasteiger partial charge in [0.05, 0.1) is 4.90 Å². The number of nitrogens with two attached hydrogens (primary N) is 1. The molecule has 0 aliphatic heterocycles. The molecule has 2 rings (SSSR count). The van der Waals surface area contributed by atoms with Gasteiger partial charge in [-0.05, 0) is 36.6 Å². The molecule has 0 spiro atoms. The number of hydrogen-bond acceptors (Lipinski definition) is 6. The zero-order chi connectivity index (χ0) is 15.6. The average Bonchev–Trinajstić information content (AvgIpc) is 2.87. The average molecular weight is 347 g/mol. The van der Waals surface area contributed by atoms with Gasteiger partial charge in [-0.3, -0.25) is 4.72 Å². The van der Waals surface area contributed by atoms with Crippen molar-refractivity contribution in [2.24, 2.45) is 5.73 Å². The van der Waals surface area contributed by atoms with Crippen LogP contribution in [-0.4, -0.2) is 18.6 Å². The fourth-order valence-electron chi connectivity index (χ4n) is 1.81. The number of rotatable bonds is 5. The van der Waals surface area contributed by atoms with Crippen LogP contribution in [0.3, 0.4) is 0 Å². The van der Waals surface area contributed by atoms with E-state index in [0.29, 0.717) is 22.6 Å². The third kappa shape index (κ3) is 3.52. The normalized spacial score (nSPS) is 11.6. The third-order valence-corrected chi connectivity index (χ3v) is 5.73. The minimum Gasteiger partial charge on any atom is -0.326 e. The van der Waals surface area contributed by atoms with Crippen LogP contribution >= 0.6 is 22.9 Å². The Morgan fingerprint density at radius 2 is 2.10 bits per heavy atom. The van der Waals surface area contributed by atoms with Gasteiger partial charge < -0.3 is 5.73 Å². The maximum atomic E-state index is 12.5. The molecular weight excluding hydrogens is 332 g/mol. The van der Waals surface area contributed by atoms with Gasteiger partial charge in [-0.25, -0.2) is 8.42 Å². The van der Waals surface area contributed by atoms with Crippen molar-refractivity contribution in [3.05, 3.63) is 33.3 Å². The Balaban J connectivity index is 2.42. The predicted octanol–water partition coefficient (Wildman–Crippen LogP) is 2.32. The molecule has 1 aromatic carbocycles. The van der Waals surface area contributed by atoms with Gasteiger partial charge in [0.25, 0.3) is 10.0 Å². The topological polar surface area (TPSA) is 98.0 Å². The maximum Gasteiger partial charge on any atom is 0.264 e. The maximum absolute atomic E-state index is 12.5. The van der Waals surface area contributed by atoms with Crippen molar-refractivity contribution in [2.45, 2.75) is 31.7 Å². The van der Waals surface area contributed by atoms with Crippen molar-refractivity contribution in [1.29, 1.82) is 0 Å². The van der Waals surface area contributed by atoms with E-state index in [0.717, 1.165) is 5.01 Å². The molecule has 0 radical (unpaired) electrons. The molecule has 0 saturated carbocycles. The molecule has 0 saturated heterocycles. The number of aryl methyl sites for hydroxylation is 1. The van der Waals surface area contributed by atoms with E-state index in [9.17, 15) is 8.42 Å². The second-order valence-electron chi connectivity index (χ2n) is 4.35. The van der Waals surface area contributed by atoms with Crippen LogP contribution in [0, 0.1) is 6.92 Å². The molecule has 0 aliphatic rings. The molecular formula is C12H15ClN4O2S2. The summed E-state index contributed by atoms with van der Waals surface area (Å²) in [6, 6.07) is 3.07. The molecule has 2 aromatic rings. The van der Waals surface area contributed by atoms with Gasteiger partial charge in [-0.2, -0.15) is 0 Å².